The SMILES string of the molecule is CN1Cc2nn(C)cc2-c2cc(c(N)nn2)N2CCC[C@@H]2C2(C)C=C(F)C=CC2C1=O. The molecule has 2 aromatic heterocycles. The lowest BCUT2D eigenvalue weighted by atomic mass is 9.67. The number of aryl methyl sites for hydroxylation is 1. The minimum Gasteiger partial charge on any atom is -0.380 e. The Balaban J connectivity index is 1.75. The maximum atomic E-state index is 14.5. The molecule has 2 N–H and O–H groups in total. The van der Waals surface area contributed by atoms with Gasteiger partial charge in [0.1, 0.15) is 5.83 Å². The van der Waals surface area contributed by atoms with E-state index in [0.29, 0.717) is 18.1 Å². The number of nitrogens with two attached hydrogens (primary N) is 1. The summed E-state index contributed by atoms with van der Waals surface area (Å²) in [6.45, 7) is 3.04. The predicted octanol–water partition coefficient (Wildman–Crippen LogP) is 2.45. The first-order chi connectivity index (χ1) is 14.8. The van der Waals surface area contributed by atoms with Crippen LogP contribution in [0.5, 0.6) is 0 Å². The third-order valence-corrected chi connectivity index (χ3v) is 6.86. The maximum Gasteiger partial charge on any atom is 0.230 e. The number of aromatic nitrogens is 4. The average Bonchev–Trinajstić information content (AvgIpc) is 3.34. The zero-order chi connectivity index (χ0) is 21.9. The Morgan fingerprint density at radius 3 is 2.90 bits per heavy atom. The van der Waals surface area contributed by atoms with Crippen molar-refractivity contribution in [3.63, 3.8) is 0 Å². The zero-order valence-electron chi connectivity index (χ0n) is 17.9. The summed E-state index contributed by atoms with van der Waals surface area (Å²) < 4.78 is 16.2. The summed E-state index contributed by atoms with van der Waals surface area (Å²) in [5.74, 6) is -0.543. The van der Waals surface area contributed by atoms with E-state index >= 15 is 0 Å². The van der Waals surface area contributed by atoms with Gasteiger partial charge in [0.15, 0.2) is 5.82 Å². The quantitative estimate of drug-likeness (QED) is 0.700. The van der Waals surface area contributed by atoms with Crippen LogP contribution in [0.25, 0.3) is 11.3 Å². The number of nitrogen functional groups attached to an aromatic ring is 1. The van der Waals surface area contributed by atoms with Crippen LogP contribution in [-0.2, 0) is 18.4 Å². The number of hydrogen-bond acceptors (Lipinski definition) is 6. The summed E-state index contributed by atoms with van der Waals surface area (Å²) >= 11 is 0. The number of amides is 1. The Kier molecular flexibility index (Phi) is 4.39. The van der Waals surface area contributed by atoms with E-state index < -0.39 is 11.3 Å². The van der Waals surface area contributed by atoms with E-state index in [0.717, 1.165) is 36.3 Å². The van der Waals surface area contributed by atoms with Gasteiger partial charge in [-0.15, -0.1) is 10.2 Å². The fraction of sp³-hybridized carbons (Fsp3) is 0.455. The monoisotopic (exact) mass is 423 g/mol. The zero-order valence-corrected chi connectivity index (χ0v) is 17.9. The van der Waals surface area contributed by atoms with Crippen molar-refractivity contribution in [1.82, 2.24) is 24.9 Å². The Morgan fingerprint density at radius 2 is 2.10 bits per heavy atom. The Labute approximate surface area is 180 Å². The molecule has 2 bridgehead atoms. The van der Waals surface area contributed by atoms with Crippen molar-refractivity contribution >= 4 is 17.4 Å². The summed E-state index contributed by atoms with van der Waals surface area (Å²) in [5.41, 5.74) is 8.51. The third-order valence-electron chi connectivity index (χ3n) is 6.86. The molecule has 162 valence electrons. The van der Waals surface area contributed by atoms with Crippen LogP contribution < -0.4 is 10.6 Å². The van der Waals surface area contributed by atoms with E-state index in [4.69, 9.17) is 5.73 Å². The Bertz CT molecular complexity index is 1120. The van der Waals surface area contributed by atoms with Crippen molar-refractivity contribution in [3.05, 3.63) is 42.0 Å². The number of halogens is 1. The second-order valence-electron chi connectivity index (χ2n) is 8.94. The molecule has 8 nitrogen and oxygen atoms in total. The molecule has 1 amide bonds. The molecule has 5 rings (SSSR count). The second kappa shape index (κ2) is 6.90. The lowest BCUT2D eigenvalue weighted by molar-refractivity contribution is -0.136. The highest BCUT2D eigenvalue weighted by Gasteiger charge is 2.49. The first-order valence-electron chi connectivity index (χ1n) is 10.5. The standard InChI is InChI=1S/C22H26FN7O/c1-22-10-13(23)6-7-15(22)21(31)28(2)12-17-14(11-29(3)27-17)16-9-18(20(24)26-25-16)30-8-4-5-19(22)30/h6-7,9-11,15,19H,4-5,8,12H2,1-3H3,(H2,24,26)/t15?,19-,22?/m1/s1. The van der Waals surface area contributed by atoms with E-state index in [1.54, 1.807) is 28.8 Å². The van der Waals surface area contributed by atoms with Crippen molar-refractivity contribution < 1.29 is 9.18 Å². The number of carbonyl (C=O) groups is 1. The molecule has 2 aromatic rings. The number of anilines is 2. The number of fused-ring (bicyclic) bond motifs is 8. The van der Waals surface area contributed by atoms with Gasteiger partial charge in [-0.25, -0.2) is 4.39 Å². The molecule has 9 heteroatoms. The first-order valence-corrected chi connectivity index (χ1v) is 10.5. The summed E-state index contributed by atoms with van der Waals surface area (Å²) in [6.07, 6.45) is 8.34. The molecule has 31 heavy (non-hydrogen) atoms. The molecule has 0 saturated carbocycles. The van der Waals surface area contributed by atoms with Gasteiger partial charge in [-0.2, -0.15) is 5.10 Å². The van der Waals surface area contributed by atoms with Crippen molar-refractivity contribution in [2.45, 2.75) is 32.4 Å². The van der Waals surface area contributed by atoms with Crippen LogP contribution in [-0.4, -0.2) is 50.4 Å². The van der Waals surface area contributed by atoms with Crippen LogP contribution in [0, 0.1) is 11.3 Å². The van der Waals surface area contributed by atoms with Crippen LogP contribution in [0.3, 0.4) is 0 Å². The van der Waals surface area contributed by atoms with Gasteiger partial charge in [-0.3, -0.25) is 9.48 Å². The van der Waals surface area contributed by atoms with Gasteiger partial charge in [0.25, 0.3) is 0 Å². The molecule has 4 heterocycles. The van der Waals surface area contributed by atoms with E-state index in [2.05, 4.69) is 20.2 Å². The van der Waals surface area contributed by atoms with Gasteiger partial charge in [0.2, 0.25) is 5.91 Å². The van der Waals surface area contributed by atoms with E-state index in [1.807, 2.05) is 26.2 Å². The van der Waals surface area contributed by atoms with Gasteiger partial charge in [0, 0.05) is 43.9 Å². The molecule has 2 aliphatic heterocycles. The van der Waals surface area contributed by atoms with Gasteiger partial charge >= 0.3 is 0 Å². The van der Waals surface area contributed by atoms with E-state index in [1.165, 1.54) is 6.08 Å². The van der Waals surface area contributed by atoms with Crippen molar-refractivity contribution in [1.29, 1.82) is 0 Å². The van der Waals surface area contributed by atoms with Gasteiger partial charge in [0.05, 0.1) is 29.5 Å². The number of hydrogen-bond donors (Lipinski definition) is 1. The Hall–Kier alpha value is -3.23. The second-order valence-corrected chi connectivity index (χ2v) is 8.94. The van der Waals surface area contributed by atoms with Crippen molar-refractivity contribution in [3.8, 4) is 11.3 Å². The molecule has 0 aromatic carbocycles. The summed E-state index contributed by atoms with van der Waals surface area (Å²) in [6, 6.07) is 1.85. The topological polar surface area (TPSA) is 93.2 Å². The lowest BCUT2D eigenvalue weighted by Crippen LogP contribution is -2.51. The number of allylic oxidation sites excluding steroid dienone is 2. The van der Waals surface area contributed by atoms with Crippen LogP contribution in [0.1, 0.15) is 25.5 Å². The number of carbonyl (C=O) groups excluding carboxylic acids is 1. The first kappa shape index (κ1) is 19.7. The van der Waals surface area contributed by atoms with Crippen LogP contribution in [0.15, 0.2) is 36.3 Å². The van der Waals surface area contributed by atoms with Crippen molar-refractivity contribution in [2.24, 2.45) is 18.4 Å². The fourth-order valence-corrected chi connectivity index (χ4v) is 5.34. The highest BCUT2D eigenvalue weighted by Crippen LogP contribution is 2.48. The molecule has 0 radical (unpaired) electrons. The summed E-state index contributed by atoms with van der Waals surface area (Å²) in [5, 5.41) is 13.1. The largest absolute Gasteiger partial charge is 0.380 e. The molecule has 1 saturated heterocycles. The van der Waals surface area contributed by atoms with E-state index in [-0.39, 0.29) is 17.8 Å². The molecule has 0 spiro atoms. The average molecular weight is 423 g/mol. The smallest absolute Gasteiger partial charge is 0.230 e. The molecular formula is C22H26FN7O. The number of rotatable bonds is 0. The normalized spacial score (nSPS) is 27.7. The number of nitrogens with zero attached hydrogens (tertiary/aromatic N) is 6. The van der Waals surface area contributed by atoms with Gasteiger partial charge < -0.3 is 15.5 Å². The molecule has 3 aliphatic rings. The summed E-state index contributed by atoms with van der Waals surface area (Å²) in [4.78, 5) is 17.4. The highest BCUT2D eigenvalue weighted by atomic mass is 19.1. The summed E-state index contributed by atoms with van der Waals surface area (Å²) in [7, 11) is 3.60. The van der Waals surface area contributed by atoms with Crippen LogP contribution >= 0.6 is 0 Å². The minimum atomic E-state index is -0.733. The highest BCUT2D eigenvalue weighted by molar-refractivity contribution is 5.83. The molecule has 3 atom stereocenters. The van der Waals surface area contributed by atoms with Crippen LogP contribution in [0.4, 0.5) is 15.9 Å². The third kappa shape index (κ3) is 3.02. The lowest BCUT2D eigenvalue weighted by Gasteiger charge is -2.45. The van der Waals surface area contributed by atoms with Crippen LogP contribution in [0.2, 0.25) is 0 Å². The molecular weight excluding hydrogens is 397 g/mol. The fourth-order valence-electron chi connectivity index (χ4n) is 5.34. The molecule has 1 aliphatic carbocycles. The molecule has 1 fully saturated rings. The Morgan fingerprint density at radius 1 is 1.29 bits per heavy atom. The maximum absolute atomic E-state index is 14.5. The van der Waals surface area contributed by atoms with Gasteiger partial charge in [-0.05, 0) is 31.1 Å². The van der Waals surface area contributed by atoms with Crippen molar-refractivity contribution in [2.75, 3.05) is 24.2 Å². The minimum absolute atomic E-state index is 0.0609. The van der Waals surface area contributed by atoms with Gasteiger partial charge in [-0.1, -0.05) is 13.0 Å². The van der Waals surface area contributed by atoms with E-state index in [9.17, 15) is 9.18 Å². The molecule has 2 unspecified atom stereocenters. The predicted molar refractivity (Wildman–Crippen MR) is 115 cm³/mol.